The van der Waals surface area contributed by atoms with Crippen molar-refractivity contribution >= 4 is 17.8 Å². The van der Waals surface area contributed by atoms with Crippen LogP contribution in [-0.4, -0.2) is 60.9 Å². The number of fused-ring (bicyclic) bond motifs is 1. The largest absolute Gasteiger partial charge is 0.465 e. The Balaban J connectivity index is 1.69. The predicted octanol–water partition coefficient (Wildman–Crippen LogP) is 1.34. The van der Waals surface area contributed by atoms with Crippen LogP contribution in [0, 0.1) is 5.92 Å². The second-order valence-corrected chi connectivity index (χ2v) is 6.48. The highest BCUT2D eigenvalue weighted by atomic mass is 16.5. The Morgan fingerprint density at radius 1 is 1.29 bits per heavy atom. The number of rotatable bonds is 3. The third-order valence-electron chi connectivity index (χ3n) is 4.90. The Hall–Kier alpha value is -2.37. The molecule has 0 aliphatic carbocycles. The molecule has 1 atom stereocenters. The highest BCUT2D eigenvalue weighted by molar-refractivity contribution is 5.98. The molecule has 0 bridgehead atoms. The van der Waals surface area contributed by atoms with Crippen molar-refractivity contribution in [2.45, 2.75) is 19.8 Å². The van der Waals surface area contributed by atoms with E-state index in [1.807, 2.05) is 9.80 Å². The number of nitrogens with zero attached hydrogens (tertiary/aromatic N) is 2. The van der Waals surface area contributed by atoms with E-state index in [1.165, 1.54) is 7.11 Å². The maximum absolute atomic E-state index is 12.7. The number of hydrogen-bond acceptors (Lipinski definition) is 4. The predicted molar refractivity (Wildman–Crippen MR) is 87.8 cm³/mol. The number of hydrogen-bond donors (Lipinski definition) is 0. The fourth-order valence-electron chi connectivity index (χ4n) is 3.53. The summed E-state index contributed by atoms with van der Waals surface area (Å²) < 4.78 is 4.73. The summed E-state index contributed by atoms with van der Waals surface area (Å²) in [7, 11) is 1.35. The molecule has 0 N–H and O–H groups in total. The number of carbonyl (C=O) groups is 3. The van der Waals surface area contributed by atoms with Crippen molar-refractivity contribution in [3.63, 3.8) is 0 Å². The van der Waals surface area contributed by atoms with Gasteiger partial charge in [0.15, 0.2) is 0 Å². The fourth-order valence-corrected chi connectivity index (χ4v) is 3.53. The average Bonchev–Trinajstić information content (AvgIpc) is 3.05. The van der Waals surface area contributed by atoms with Gasteiger partial charge in [0.1, 0.15) is 0 Å². The number of benzene rings is 1. The summed E-state index contributed by atoms with van der Waals surface area (Å²) in [4.78, 5) is 39.5. The Labute approximate surface area is 141 Å². The zero-order chi connectivity index (χ0) is 17.3. The van der Waals surface area contributed by atoms with Crippen molar-refractivity contribution in [1.29, 1.82) is 0 Å². The second-order valence-electron chi connectivity index (χ2n) is 6.48. The van der Waals surface area contributed by atoms with E-state index in [2.05, 4.69) is 0 Å². The number of amides is 2. The zero-order valence-electron chi connectivity index (χ0n) is 14.1. The lowest BCUT2D eigenvalue weighted by Crippen LogP contribution is -2.41. The van der Waals surface area contributed by atoms with Gasteiger partial charge in [-0.2, -0.15) is 0 Å². The van der Waals surface area contributed by atoms with Gasteiger partial charge >= 0.3 is 5.97 Å². The van der Waals surface area contributed by atoms with Gasteiger partial charge < -0.3 is 14.5 Å². The van der Waals surface area contributed by atoms with Gasteiger partial charge in [0.2, 0.25) is 5.91 Å². The van der Waals surface area contributed by atoms with E-state index in [0.29, 0.717) is 30.1 Å². The number of likely N-dealkylation sites (tertiary alicyclic amines) is 1. The SMILES string of the molecule is COC(=O)c1ccc2c(c1)CCN(CC1CCN(C(C)=O)C1)C2=O. The Morgan fingerprint density at radius 3 is 2.75 bits per heavy atom. The topological polar surface area (TPSA) is 66.9 Å². The first-order valence-electron chi connectivity index (χ1n) is 8.25. The summed E-state index contributed by atoms with van der Waals surface area (Å²) in [6.45, 7) is 4.42. The monoisotopic (exact) mass is 330 g/mol. The van der Waals surface area contributed by atoms with Crippen molar-refractivity contribution in [1.82, 2.24) is 9.80 Å². The zero-order valence-corrected chi connectivity index (χ0v) is 14.1. The summed E-state index contributed by atoms with van der Waals surface area (Å²) in [5.74, 6) is 0.0637. The van der Waals surface area contributed by atoms with Crippen LogP contribution < -0.4 is 0 Å². The molecule has 1 fully saturated rings. The first-order chi connectivity index (χ1) is 11.5. The van der Waals surface area contributed by atoms with Gasteiger partial charge in [-0.1, -0.05) is 0 Å². The molecule has 1 aromatic carbocycles. The molecule has 1 unspecified atom stereocenters. The van der Waals surface area contributed by atoms with Crippen LogP contribution >= 0.6 is 0 Å². The quantitative estimate of drug-likeness (QED) is 0.785. The third-order valence-corrected chi connectivity index (χ3v) is 4.90. The van der Waals surface area contributed by atoms with Crippen molar-refractivity contribution < 1.29 is 19.1 Å². The van der Waals surface area contributed by atoms with Crippen molar-refractivity contribution in [3.05, 3.63) is 34.9 Å². The Bertz CT molecular complexity index is 686. The first-order valence-corrected chi connectivity index (χ1v) is 8.25. The van der Waals surface area contributed by atoms with Gasteiger partial charge in [0.25, 0.3) is 5.91 Å². The summed E-state index contributed by atoms with van der Waals surface area (Å²) in [5, 5.41) is 0. The molecule has 2 amide bonds. The number of esters is 1. The van der Waals surface area contributed by atoms with Gasteiger partial charge in [0, 0.05) is 38.7 Å². The summed E-state index contributed by atoms with van der Waals surface area (Å²) in [6, 6.07) is 5.11. The molecule has 2 aliphatic rings. The molecular weight excluding hydrogens is 308 g/mol. The van der Waals surface area contributed by atoms with Crippen molar-refractivity contribution in [2.75, 3.05) is 33.3 Å². The molecule has 128 valence electrons. The molecule has 3 rings (SSSR count). The van der Waals surface area contributed by atoms with E-state index in [1.54, 1.807) is 25.1 Å². The molecule has 0 spiro atoms. The van der Waals surface area contributed by atoms with Gasteiger partial charge in [-0.05, 0) is 42.5 Å². The molecule has 6 nitrogen and oxygen atoms in total. The van der Waals surface area contributed by atoms with Crippen LogP contribution in [-0.2, 0) is 16.0 Å². The van der Waals surface area contributed by atoms with E-state index in [0.717, 1.165) is 31.5 Å². The Kier molecular flexibility index (Phi) is 4.55. The van der Waals surface area contributed by atoms with E-state index in [9.17, 15) is 14.4 Å². The first kappa shape index (κ1) is 16.5. The molecule has 2 aliphatic heterocycles. The lowest BCUT2D eigenvalue weighted by Gasteiger charge is -2.31. The highest BCUT2D eigenvalue weighted by Gasteiger charge is 2.30. The van der Waals surface area contributed by atoms with Crippen LogP contribution in [0.2, 0.25) is 0 Å². The van der Waals surface area contributed by atoms with Crippen LogP contribution in [0.5, 0.6) is 0 Å². The maximum Gasteiger partial charge on any atom is 0.337 e. The lowest BCUT2D eigenvalue weighted by atomic mass is 9.95. The molecule has 24 heavy (non-hydrogen) atoms. The van der Waals surface area contributed by atoms with Crippen LogP contribution in [0.1, 0.15) is 39.6 Å². The van der Waals surface area contributed by atoms with Crippen molar-refractivity contribution in [3.8, 4) is 0 Å². The summed E-state index contributed by atoms with van der Waals surface area (Å²) in [6.07, 6.45) is 1.67. The van der Waals surface area contributed by atoms with E-state index in [4.69, 9.17) is 4.74 Å². The van der Waals surface area contributed by atoms with E-state index in [-0.39, 0.29) is 17.8 Å². The Morgan fingerprint density at radius 2 is 2.08 bits per heavy atom. The normalized spacial score (nSPS) is 20.1. The standard InChI is InChI=1S/C18H22N2O4/c1-12(21)19-7-5-13(10-19)11-20-8-6-14-9-15(18(23)24-2)3-4-16(14)17(20)22/h3-4,9,13H,5-8,10-11H2,1-2H3. The molecule has 0 saturated carbocycles. The van der Waals surface area contributed by atoms with Crippen LogP contribution in [0.25, 0.3) is 0 Å². The lowest BCUT2D eigenvalue weighted by molar-refractivity contribution is -0.127. The van der Waals surface area contributed by atoms with Gasteiger partial charge in [0.05, 0.1) is 12.7 Å². The van der Waals surface area contributed by atoms with Gasteiger partial charge in [-0.15, -0.1) is 0 Å². The average molecular weight is 330 g/mol. The molecule has 1 saturated heterocycles. The second kappa shape index (κ2) is 6.63. The van der Waals surface area contributed by atoms with Crippen LogP contribution in [0.3, 0.4) is 0 Å². The summed E-state index contributed by atoms with van der Waals surface area (Å²) in [5.41, 5.74) is 2.04. The van der Waals surface area contributed by atoms with Gasteiger partial charge in [-0.25, -0.2) is 4.79 Å². The maximum atomic E-state index is 12.7. The molecule has 0 aromatic heterocycles. The molecular formula is C18H22N2O4. The van der Waals surface area contributed by atoms with Gasteiger partial charge in [-0.3, -0.25) is 9.59 Å². The minimum Gasteiger partial charge on any atom is -0.465 e. The third kappa shape index (κ3) is 3.13. The van der Waals surface area contributed by atoms with Crippen LogP contribution in [0.15, 0.2) is 18.2 Å². The van der Waals surface area contributed by atoms with Crippen LogP contribution in [0.4, 0.5) is 0 Å². The number of ether oxygens (including phenoxy) is 1. The molecule has 0 radical (unpaired) electrons. The van der Waals surface area contributed by atoms with E-state index >= 15 is 0 Å². The minimum atomic E-state index is -0.386. The van der Waals surface area contributed by atoms with E-state index < -0.39 is 0 Å². The number of methoxy groups -OCH3 is 1. The summed E-state index contributed by atoms with van der Waals surface area (Å²) >= 11 is 0. The molecule has 1 aromatic rings. The number of carbonyl (C=O) groups excluding carboxylic acids is 3. The molecule has 6 heteroatoms. The highest BCUT2D eigenvalue weighted by Crippen LogP contribution is 2.24. The molecule has 2 heterocycles. The smallest absolute Gasteiger partial charge is 0.337 e. The van der Waals surface area contributed by atoms with Crippen molar-refractivity contribution in [2.24, 2.45) is 5.92 Å². The minimum absolute atomic E-state index is 0.00828. The fraction of sp³-hybridized carbons (Fsp3) is 0.500.